The summed E-state index contributed by atoms with van der Waals surface area (Å²) < 4.78 is 0.764. The molecule has 0 aromatic carbocycles. The van der Waals surface area contributed by atoms with E-state index in [0.29, 0.717) is 25.9 Å². The van der Waals surface area contributed by atoms with Crippen molar-refractivity contribution in [3.8, 4) is 0 Å². The van der Waals surface area contributed by atoms with E-state index >= 15 is 0 Å². The number of amides is 2. The van der Waals surface area contributed by atoms with Gasteiger partial charge in [0.1, 0.15) is 6.04 Å². The van der Waals surface area contributed by atoms with Crippen LogP contribution in [0.4, 0.5) is 0 Å². The van der Waals surface area contributed by atoms with Crippen molar-refractivity contribution in [2.45, 2.75) is 32.2 Å². The SMILES string of the molecule is CCC1NC(=O)CCN(CCc2ccc(Cl)s2)C1=O. The molecule has 1 atom stereocenters. The van der Waals surface area contributed by atoms with E-state index in [0.717, 1.165) is 15.6 Å². The van der Waals surface area contributed by atoms with Crippen molar-refractivity contribution in [1.82, 2.24) is 10.2 Å². The molecule has 0 radical (unpaired) electrons. The normalized spacial score (nSPS) is 20.3. The van der Waals surface area contributed by atoms with Gasteiger partial charge < -0.3 is 10.2 Å². The summed E-state index contributed by atoms with van der Waals surface area (Å²) in [7, 11) is 0. The van der Waals surface area contributed by atoms with Crippen molar-refractivity contribution in [1.29, 1.82) is 0 Å². The second-order valence-corrected chi connectivity index (χ2v) is 6.36. The summed E-state index contributed by atoms with van der Waals surface area (Å²) in [5, 5.41) is 2.76. The maximum absolute atomic E-state index is 12.2. The lowest BCUT2D eigenvalue weighted by Gasteiger charge is -2.23. The van der Waals surface area contributed by atoms with E-state index in [1.165, 1.54) is 11.3 Å². The summed E-state index contributed by atoms with van der Waals surface area (Å²) in [4.78, 5) is 26.7. The van der Waals surface area contributed by atoms with Gasteiger partial charge in [0, 0.05) is 24.4 Å². The van der Waals surface area contributed by atoms with Crippen molar-refractivity contribution < 1.29 is 9.59 Å². The third kappa shape index (κ3) is 3.70. The molecule has 1 unspecified atom stereocenters. The lowest BCUT2D eigenvalue weighted by molar-refractivity contribution is -0.133. The van der Waals surface area contributed by atoms with Crippen molar-refractivity contribution in [3.63, 3.8) is 0 Å². The lowest BCUT2D eigenvalue weighted by atomic mass is 10.2. The number of carbonyl (C=O) groups excluding carboxylic acids is 2. The van der Waals surface area contributed by atoms with Gasteiger partial charge in [-0.2, -0.15) is 0 Å². The quantitative estimate of drug-likeness (QED) is 0.925. The molecule has 1 aromatic rings. The molecule has 1 N–H and O–H groups in total. The standard InChI is InChI=1S/C13H17ClN2O2S/c1-2-10-13(18)16(8-6-12(17)15-10)7-5-9-3-4-11(14)19-9/h3-4,10H,2,5-8H2,1H3,(H,15,17). The highest BCUT2D eigenvalue weighted by molar-refractivity contribution is 7.16. The Morgan fingerprint density at radius 3 is 2.89 bits per heavy atom. The minimum absolute atomic E-state index is 0.0241. The minimum Gasteiger partial charge on any atom is -0.344 e. The molecule has 6 heteroatoms. The summed E-state index contributed by atoms with van der Waals surface area (Å²) in [5.74, 6) is -0.0159. The number of halogens is 1. The molecule has 0 saturated carbocycles. The van der Waals surface area contributed by atoms with E-state index in [2.05, 4.69) is 5.32 Å². The zero-order valence-electron chi connectivity index (χ0n) is 10.8. The van der Waals surface area contributed by atoms with Crippen LogP contribution in [0.2, 0.25) is 4.34 Å². The van der Waals surface area contributed by atoms with Gasteiger partial charge in [0.15, 0.2) is 0 Å². The molecule has 2 heterocycles. The van der Waals surface area contributed by atoms with Gasteiger partial charge in [-0.1, -0.05) is 18.5 Å². The Morgan fingerprint density at radius 1 is 1.47 bits per heavy atom. The highest BCUT2D eigenvalue weighted by Crippen LogP contribution is 2.22. The molecule has 2 amide bonds. The van der Waals surface area contributed by atoms with Gasteiger partial charge in [-0.05, 0) is 25.0 Å². The number of hydrogen-bond donors (Lipinski definition) is 1. The average molecular weight is 301 g/mol. The molecule has 0 spiro atoms. The van der Waals surface area contributed by atoms with Gasteiger partial charge in [0.05, 0.1) is 4.34 Å². The monoisotopic (exact) mass is 300 g/mol. The van der Waals surface area contributed by atoms with Crippen LogP contribution in [0.5, 0.6) is 0 Å². The third-order valence-corrected chi connectivity index (χ3v) is 4.51. The summed E-state index contributed by atoms with van der Waals surface area (Å²) >= 11 is 7.42. The number of thiophene rings is 1. The van der Waals surface area contributed by atoms with Crippen LogP contribution in [0, 0.1) is 0 Å². The maximum Gasteiger partial charge on any atom is 0.245 e. The first kappa shape index (κ1) is 14.3. The van der Waals surface area contributed by atoms with Crippen molar-refractivity contribution in [2.75, 3.05) is 13.1 Å². The largest absolute Gasteiger partial charge is 0.344 e. The van der Waals surface area contributed by atoms with Gasteiger partial charge in [0.2, 0.25) is 11.8 Å². The Balaban J connectivity index is 1.97. The van der Waals surface area contributed by atoms with Crippen molar-refractivity contribution in [3.05, 3.63) is 21.3 Å². The molecule has 0 aliphatic carbocycles. The number of hydrogen-bond acceptors (Lipinski definition) is 3. The molecular weight excluding hydrogens is 284 g/mol. The zero-order chi connectivity index (χ0) is 13.8. The summed E-state index contributed by atoms with van der Waals surface area (Å²) in [5.41, 5.74) is 0. The Kier molecular flexibility index (Phi) is 4.82. The van der Waals surface area contributed by atoms with E-state index in [-0.39, 0.29) is 17.9 Å². The highest BCUT2D eigenvalue weighted by Gasteiger charge is 2.28. The molecule has 104 valence electrons. The minimum atomic E-state index is -0.373. The number of nitrogens with zero attached hydrogens (tertiary/aromatic N) is 1. The number of nitrogens with one attached hydrogen (secondary N) is 1. The van der Waals surface area contributed by atoms with Crippen molar-refractivity contribution in [2.24, 2.45) is 0 Å². The fourth-order valence-electron chi connectivity index (χ4n) is 2.13. The van der Waals surface area contributed by atoms with E-state index in [4.69, 9.17) is 11.6 Å². The molecule has 1 aliphatic heterocycles. The Labute approximate surface area is 121 Å². The van der Waals surface area contributed by atoms with Gasteiger partial charge in [-0.3, -0.25) is 9.59 Å². The highest BCUT2D eigenvalue weighted by atomic mass is 35.5. The molecule has 1 fully saturated rings. The van der Waals surface area contributed by atoms with Gasteiger partial charge in [-0.15, -0.1) is 11.3 Å². The Bertz CT molecular complexity index is 475. The summed E-state index contributed by atoms with van der Waals surface area (Å²) in [6, 6.07) is 3.48. The Morgan fingerprint density at radius 2 is 2.26 bits per heavy atom. The maximum atomic E-state index is 12.2. The molecular formula is C13H17ClN2O2S. The summed E-state index contributed by atoms with van der Waals surface area (Å²) in [6.45, 7) is 3.05. The number of carbonyl (C=O) groups is 2. The third-order valence-electron chi connectivity index (χ3n) is 3.22. The second-order valence-electron chi connectivity index (χ2n) is 4.56. The van der Waals surface area contributed by atoms with Crippen LogP contribution in [-0.2, 0) is 16.0 Å². The van der Waals surface area contributed by atoms with E-state index < -0.39 is 0 Å². The van der Waals surface area contributed by atoms with Crippen LogP contribution in [0.1, 0.15) is 24.6 Å². The molecule has 0 bridgehead atoms. The molecule has 1 aromatic heterocycles. The van der Waals surface area contributed by atoms with Gasteiger partial charge in [-0.25, -0.2) is 0 Å². The average Bonchev–Trinajstić information content (AvgIpc) is 2.75. The fourth-order valence-corrected chi connectivity index (χ4v) is 3.20. The predicted molar refractivity (Wildman–Crippen MR) is 76.5 cm³/mol. The van der Waals surface area contributed by atoms with Crippen LogP contribution < -0.4 is 5.32 Å². The van der Waals surface area contributed by atoms with Crippen LogP contribution in [0.15, 0.2) is 12.1 Å². The van der Waals surface area contributed by atoms with E-state index in [1.54, 1.807) is 4.90 Å². The second kappa shape index (κ2) is 6.39. The molecule has 19 heavy (non-hydrogen) atoms. The van der Waals surface area contributed by atoms with Crippen LogP contribution in [0.3, 0.4) is 0 Å². The first-order chi connectivity index (χ1) is 9.10. The molecule has 4 nitrogen and oxygen atoms in total. The fraction of sp³-hybridized carbons (Fsp3) is 0.538. The first-order valence-electron chi connectivity index (χ1n) is 6.42. The Hall–Kier alpha value is -1.07. The summed E-state index contributed by atoms with van der Waals surface area (Å²) in [6.07, 6.45) is 1.80. The van der Waals surface area contributed by atoms with E-state index in [1.807, 2.05) is 19.1 Å². The first-order valence-corrected chi connectivity index (χ1v) is 7.62. The predicted octanol–water partition coefficient (Wildman–Crippen LogP) is 2.07. The topological polar surface area (TPSA) is 49.4 Å². The zero-order valence-corrected chi connectivity index (χ0v) is 12.4. The molecule has 1 saturated heterocycles. The van der Waals surface area contributed by atoms with E-state index in [9.17, 15) is 9.59 Å². The lowest BCUT2D eigenvalue weighted by Crippen LogP contribution is -2.44. The van der Waals surface area contributed by atoms with Crippen LogP contribution >= 0.6 is 22.9 Å². The van der Waals surface area contributed by atoms with Crippen molar-refractivity contribution >= 4 is 34.8 Å². The number of rotatable bonds is 4. The van der Waals surface area contributed by atoms with Gasteiger partial charge in [0.25, 0.3) is 0 Å². The smallest absolute Gasteiger partial charge is 0.245 e. The van der Waals surface area contributed by atoms with Crippen LogP contribution in [-0.4, -0.2) is 35.8 Å². The van der Waals surface area contributed by atoms with Gasteiger partial charge >= 0.3 is 0 Å². The molecule has 1 aliphatic rings. The van der Waals surface area contributed by atoms with Crippen LogP contribution in [0.25, 0.3) is 0 Å². The molecule has 2 rings (SSSR count).